The van der Waals surface area contributed by atoms with Crippen LogP contribution in [0, 0.1) is 11.6 Å². The van der Waals surface area contributed by atoms with E-state index in [0.717, 1.165) is 29.1 Å². The quantitative estimate of drug-likeness (QED) is 0.810. The van der Waals surface area contributed by atoms with E-state index in [0.29, 0.717) is 12.5 Å². The number of carbonyl (C=O) groups excluding carboxylic acids is 1. The zero-order valence-electron chi connectivity index (χ0n) is 13.0. The highest BCUT2D eigenvalue weighted by Gasteiger charge is 2.33. The summed E-state index contributed by atoms with van der Waals surface area (Å²) in [5.41, 5.74) is -1.33. The molecule has 0 fully saturated rings. The van der Waals surface area contributed by atoms with Crippen LogP contribution in [0.1, 0.15) is 19.0 Å². The first kappa shape index (κ1) is 18.7. The van der Waals surface area contributed by atoms with E-state index in [4.69, 9.17) is 4.74 Å². The third kappa shape index (κ3) is 5.16. The molecule has 0 saturated carbocycles. The second kappa shape index (κ2) is 7.49. The first-order valence-corrected chi connectivity index (χ1v) is 7.22. The summed E-state index contributed by atoms with van der Waals surface area (Å²) in [6.07, 6.45) is -4.96. The highest BCUT2D eigenvalue weighted by Crippen LogP contribution is 2.27. The lowest BCUT2D eigenvalue weighted by Crippen LogP contribution is -2.26. The van der Waals surface area contributed by atoms with Crippen LogP contribution in [0.3, 0.4) is 0 Å². The largest absolute Gasteiger partial charge is 0.444 e. The maximum atomic E-state index is 13.5. The standard InChI is InChI=1S/C15H14F5N3O2/c1-2-10(8-23-6-5-13(22-23)15(18,19)20)25-14(24)21-12-4-3-9(16)7-11(12)17/h3-7,10H,2,8H2,1H3,(H,21,24)/t10-/m1/s1. The normalized spacial score (nSPS) is 12.7. The number of amides is 1. The number of rotatable bonds is 5. The van der Waals surface area contributed by atoms with Crippen LogP contribution in [0.5, 0.6) is 0 Å². The minimum Gasteiger partial charge on any atom is -0.444 e. The SMILES string of the molecule is CC[C@H](Cn1ccc(C(F)(F)F)n1)OC(=O)Nc1ccc(F)cc1F. The Hall–Kier alpha value is -2.65. The average molecular weight is 363 g/mol. The highest BCUT2D eigenvalue weighted by molar-refractivity contribution is 5.84. The van der Waals surface area contributed by atoms with E-state index in [1.807, 2.05) is 0 Å². The lowest BCUT2D eigenvalue weighted by Gasteiger charge is -2.17. The summed E-state index contributed by atoms with van der Waals surface area (Å²) in [6.45, 7) is 1.55. The number of benzene rings is 1. The Bertz CT molecular complexity index is 745. The molecule has 1 atom stereocenters. The van der Waals surface area contributed by atoms with Gasteiger partial charge in [0.2, 0.25) is 0 Å². The first-order valence-electron chi connectivity index (χ1n) is 7.22. The van der Waals surface area contributed by atoms with E-state index in [9.17, 15) is 26.7 Å². The van der Waals surface area contributed by atoms with Crippen LogP contribution >= 0.6 is 0 Å². The van der Waals surface area contributed by atoms with Gasteiger partial charge in [0.15, 0.2) is 5.69 Å². The predicted octanol–water partition coefficient (Wildman–Crippen LogP) is 4.21. The molecule has 0 radical (unpaired) electrons. The van der Waals surface area contributed by atoms with Crippen LogP contribution < -0.4 is 5.32 Å². The van der Waals surface area contributed by atoms with Crippen LogP contribution in [0.2, 0.25) is 0 Å². The third-order valence-electron chi connectivity index (χ3n) is 3.22. The summed E-state index contributed by atoms with van der Waals surface area (Å²) in [5.74, 6) is -1.78. The van der Waals surface area contributed by atoms with Crippen LogP contribution in [0.4, 0.5) is 32.4 Å². The summed E-state index contributed by atoms with van der Waals surface area (Å²) < 4.78 is 69.8. The Morgan fingerprint density at radius 3 is 2.60 bits per heavy atom. The smallest absolute Gasteiger partial charge is 0.435 e. The topological polar surface area (TPSA) is 56.2 Å². The number of nitrogens with zero attached hydrogens (tertiary/aromatic N) is 2. The van der Waals surface area contributed by atoms with Gasteiger partial charge in [0, 0.05) is 12.3 Å². The molecule has 25 heavy (non-hydrogen) atoms. The number of aromatic nitrogens is 2. The van der Waals surface area contributed by atoms with Gasteiger partial charge in [-0.15, -0.1) is 0 Å². The second-order valence-electron chi connectivity index (χ2n) is 5.11. The van der Waals surface area contributed by atoms with Crippen LogP contribution in [-0.2, 0) is 17.5 Å². The highest BCUT2D eigenvalue weighted by atomic mass is 19.4. The Morgan fingerprint density at radius 2 is 2.04 bits per heavy atom. The molecule has 1 heterocycles. The number of alkyl halides is 3. The van der Waals surface area contributed by atoms with Crippen molar-refractivity contribution in [3.8, 4) is 0 Å². The van der Waals surface area contributed by atoms with Crippen molar-refractivity contribution in [2.75, 3.05) is 5.32 Å². The Labute approximate surface area is 139 Å². The fraction of sp³-hybridized carbons (Fsp3) is 0.333. The van der Waals surface area contributed by atoms with E-state index in [-0.39, 0.29) is 12.2 Å². The van der Waals surface area contributed by atoms with Crippen molar-refractivity contribution in [2.24, 2.45) is 0 Å². The van der Waals surface area contributed by atoms with Crippen molar-refractivity contribution in [1.82, 2.24) is 9.78 Å². The number of hydrogen-bond donors (Lipinski definition) is 1. The van der Waals surface area contributed by atoms with Crippen molar-refractivity contribution in [3.63, 3.8) is 0 Å². The summed E-state index contributed by atoms with van der Waals surface area (Å²) in [4.78, 5) is 11.8. The van der Waals surface area contributed by atoms with E-state index < -0.39 is 35.7 Å². The molecule has 0 saturated heterocycles. The predicted molar refractivity (Wildman–Crippen MR) is 77.8 cm³/mol. The summed E-state index contributed by atoms with van der Waals surface area (Å²) in [7, 11) is 0. The second-order valence-corrected chi connectivity index (χ2v) is 5.11. The van der Waals surface area contributed by atoms with E-state index in [1.54, 1.807) is 6.92 Å². The molecule has 2 aromatic rings. The summed E-state index contributed by atoms with van der Waals surface area (Å²) >= 11 is 0. The first-order chi connectivity index (χ1) is 11.7. The number of halogens is 5. The van der Waals surface area contributed by atoms with Crippen molar-refractivity contribution >= 4 is 11.8 Å². The molecule has 0 aliphatic rings. The molecule has 5 nitrogen and oxygen atoms in total. The zero-order valence-corrected chi connectivity index (χ0v) is 13.0. The molecular weight excluding hydrogens is 349 g/mol. The third-order valence-corrected chi connectivity index (χ3v) is 3.22. The molecule has 1 amide bonds. The van der Waals surface area contributed by atoms with Gasteiger partial charge in [-0.05, 0) is 24.6 Å². The lowest BCUT2D eigenvalue weighted by atomic mass is 10.3. The van der Waals surface area contributed by atoms with Crippen LogP contribution in [-0.4, -0.2) is 22.0 Å². The number of hydrogen-bond acceptors (Lipinski definition) is 3. The molecule has 0 spiro atoms. The van der Waals surface area contributed by atoms with E-state index >= 15 is 0 Å². The van der Waals surface area contributed by atoms with Gasteiger partial charge in [-0.3, -0.25) is 10.00 Å². The minimum absolute atomic E-state index is 0.105. The molecule has 1 aromatic carbocycles. The Kier molecular flexibility index (Phi) is 5.60. The summed E-state index contributed by atoms with van der Waals surface area (Å²) in [5, 5.41) is 5.47. The average Bonchev–Trinajstić information content (AvgIpc) is 2.98. The number of anilines is 1. The van der Waals surface area contributed by atoms with E-state index in [1.165, 1.54) is 0 Å². The fourth-order valence-corrected chi connectivity index (χ4v) is 1.95. The maximum absolute atomic E-state index is 13.5. The summed E-state index contributed by atoms with van der Waals surface area (Å²) in [6, 6.07) is 3.38. The number of nitrogens with one attached hydrogen (secondary N) is 1. The van der Waals surface area contributed by atoms with Gasteiger partial charge in [0.1, 0.15) is 17.7 Å². The van der Waals surface area contributed by atoms with Crippen molar-refractivity contribution in [2.45, 2.75) is 32.2 Å². The lowest BCUT2D eigenvalue weighted by molar-refractivity contribution is -0.141. The molecule has 10 heteroatoms. The zero-order chi connectivity index (χ0) is 18.6. The molecular formula is C15H14F5N3O2. The molecule has 136 valence electrons. The van der Waals surface area contributed by atoms with Gasteiger partial charge in [-0.25, -0.2) is 13.6 Å². The molecule has 2 rings (SSSR count). The van der Waals surface area contributed by atoms with E-state index in [2.05, 4.69) is 10.4 Å². The molecule has 0 bridgehead atoms. The minimum atomic E-state index is -4.56. The van der Waals surface area contributed by atoms with Crippen LogP contribution in [0.25, 0.3) is 0 Å². The molecule has 0 aliphatic carbocycles. The monoisotopic (exact) mass is 363 g/mol. The van der Waals surface area contributed by atoms with Crippen molar-refractivity contribution in [1.29, 1.82) is 0 Å². The molecule has 1 N–H and O–H groups in total. The molecule has 1 aromatic heterocycles. The van der Waals surface area contributed by atoms with Crippen molar-refractivity contribution in [3.05, 3.63) is 47.8 Å². The Balaban J connectivity index is 1.96. The maximum Gasteiger partial charge on any atom is 0.435 e. The van der Waals surface area contributed by atoms with Gasteiger partial charge in [-0.2, -0.15) is 18.3 Å². The van der Waals surface area contributed by atoms with Gasteiger partial charge >= 0.3 is 12.3 Å². The van der Waals surface area contributed by atoms with Crippen LogP contribution in [0.15, 0.2) is 30.5 Å². The van der Waals surface area contributed by atoms with Gasteiger partial charge < -0.3 is 4.74 Å². The van der Waals surface area contributed by atoms with Gasteiger partial charge in [0.25, 0.3) is 0 Å². The number of ether oxygens (including phenoxy) is 1. The Morgan fingerprint density at radius 1 is 1.32 bits per heavy atom. The molecule has 0 unspecified atom stereocenters. The molecule has 0 aliphatic heterocycles. The van der Waals surface area contributed by atoms with Crippen molar-refractivity contribution < 1.29 is 31.5 Å². The number of carbonyl (C=O) groups is 1. The van der Waals surface area contributed by atoms with Gasteiger partial charge in [0.05, 0.1) is 12.2 Å². The van der Waals surface area contributed by atoms with Gasteiger partial charge in [-0.1, -0.05) is 6.92 Å². The fourth-order valence-electron chi connectivity index (χ4n) is 1.95.